The van der Waals surface area contributed by atoms with Crippen molar-refractivity contribution in [3.8, 4) is 22.8 Å². The van der Waals surface area contributed by atoms with Crippen LogP contribution < -0.4 is 19.7 Å². The van der Waals surface area contributed by atoms with Crippen molar-refractivity contribution in [2.45, 2.75) is 32.4 Å². The third kappa shape index (κ3) is 4.16. The molecule has 3 aromatic rings. The number of anilines is 1. The number of benzene rings is 2. The van der Waals surface area contributed by atoms with E-state index in [0.29, 0.717) is 29.4 Å². The van der Waals surface area contributed by atoms with Crippen molar-refractivity contribution in [2.75, 3.05) is 18.6 Å². The van der Waals surface area contributed by atoms with Gasteiger partial charge in [-0.3, -0.25) is 9.59 Å². The van der Waals surface area contributed by atoms with E-state index in [0.717, 1.165) is 23.3 Å². The van der Waals surface area contributed by atoms with E-state index in [1.54, 1.807) is 18.1 Å². The van der Waals surface area contributed by atoms with Crippen molar-refractivity contribution < 1.29 is 23.6 Å². The Labute approximate surface area is 191 Å². The molecule has 3 heterocycles. The van der Waals surface area contributed by atoms with E-state index in [2.05, 4.69) is 16.5 Å². The lowest BCUT2D eigenvalue weighted by Crippen LogP contribution is -2.32. The van der Waals surface area contributed by atoms with E-state index < -0.39 is 5.92 Å². The summed E-state index contributed by atoms with van der Waals surface area (Å²) in [6, 6.07) is 15.1. The molecule has 0 saturated carbocycles. The second-order valence-corrected chi connectivity index (χ2v) is 8.43. The minimum Gasteiger partial charge on any atom is -0.495 e. The Morgan fingerprint density at radius 3 is 2.91 bits per heavy atom. The number of amides is 2. The van der Waals surface area contributed by atoms with Gasteiger partial charge in [0, 0.05) is 31.0 Å². The number of para-hydroxylation sites is 2. The van der Waals surface area contributed by atoms with Gasteiger partial charge < -0.3 is 24.2 Å². The van der Waals surface area contributed by atoms with Gasteiger partial charge in [-0.15, -0.1) is 0 Å². The van der Waals surface area contributed by atoms with E-state index in [1.807, 2.05) is 43.3 Å². The first-order valence-corrected chi connectivity index (χ1v) is 11.0. The predicted octanol–water partition coefficient (Wildman–Crippen LogP) is 3.34. The minimum absolute atomic E-state index is 0.0988. The molecule has 1 saturated heterocycles. The molecule has 1 N–H and O–H groups in total. The van der Waals surface area contributed by atoms with Crippen molar-refractivity contribution >= 4 is 17.5 Å². The van der Waals surface area contributed by atoms with Crippen molar-refractivity contribution in [2.24, 2.45) is 5.92 Å². The number of carbonyl (C=O) groups is 2. The zero-order valence-electron chi connectivity index (χ0n) is 18.5. The molecule has 5 rings (SSSR count). The minimum atomic E-state index is -0.438. The molecule has 1 aromatic heterocycles. The third-order valence-corrected chi connectivity index (χ3v) is 6.06. The Morgan fingerprint density at radius 2 is 2.06 bits per heavy atom. The molecule has 0 radical (unpaired) electrons. The zero-order chi connectivity index (χ0) is 22.9. The molecule has 0 spiro atoms. The molecule has 33 heavy (non-hydrogen) atoms. The van der Waals surface area contributed by atoms with Gasteiger partial charge in [-0.25, -0.2) is 0 Å². The number of hydrogen-bond acceptors (Lipinski definition) is 6. The fourth-order valence-electron chi connectivity index (χ4n) is 4.40. The number of aromatic nitrogens is 1. The van der Waals surface area contributed by atoms with Gasteiger partial charge in [0.05, 0.1) is 25.3 Å². The molecule has 2 aliphatic heterocycles. The first-order chi connectivity index (χ1) is 16.0. The van der Waals surface area contributed by atoms with Gasteiger partial charge in [-0.1, -0.05) is 17.3 Å². The highest BCUT2D eigenvalue weighted by Crippen LogP contribution is 2.34. The van der Waals surface area contributed by atoms with E-state index in [-0.39, 0.29) is 30.9 Å². The van der Waals surface area contributed by atoms with Crippen LogP contribution in [0.1, 0.15) is 24.6 Å². The Bertz CT molecular complexity index is 1200. The van der Waals surface area contributed by atoms with Gasteiger partial charge in [0.25, 0.3) is 0 Å². The summed E-state index contributed by atoms with van der Waals surface area (Å²) >= 11 is 0. The van der Waals surface area contributed by atoms with E-state index >= 15 is 0 Å². The maximum atomic E-state index is 12.7. The topological polar surface area (TPSA) is 93.9 Å². The molecular weight excluding hydrogens is 422 g/mol. The molecular formula is C25H25N3O5. The van der Waals surface area contributed by atoms with E-state index in [4.69, 9.17) is 14.0 Å². The normalized spacial score (nSPS) is 19.3. The Morgan fingerprint density at radius 1 is 1.21 bits per heavy atom. The van der Waals surface area contributed by atoms with Gasteiger partial charge in [0.1, 0.15) is 23.3 Å². The van der Waals surface area contributed by atoms with Gasteiger partial charge in [-0.05, 0) is 42.8 Å². The lowest BCUT2D eigenvalue weighted by Gasteiger charge is -2.19. The summed E-state index contributed by atoms with van der Waals surface area (Å²) in [6.07, 6.45) is 1.20. The van der Waals surface area contributed by atoms with Crippen molar-refractivity contribution in [1.29, 1.82) is 0 Å². The predicted molar refractivity (Wildman–Crippen MR) is 121 cm³/mol. The highest BCUT2D eigenvalue weighted by Gasteiger charge is 2.36. The Kier molecular flexibility index (Phi) is 5.50. The first-order valence-electron chi connectivity index (χ1n) is 11.0. The summed E-state index contributed by atoms with van der Waals surface area (Å²) in [5.74, 6) is 1.43. The fraction of sp³-hybridized carbons (Fsp3) is 0.320. The number of nitrogens with zero attached hydrogens (tertiary/aromatic N) is 2. The molecule has 170 valence electrons. The lowest BCUT2D eigenvalue weighted by molar-refractivity contribution is -0.126. The average Bonchev–Trinajstić information content (AvgIpc) is 3.54. The van der Waals surface area contributed by atoms with Crippen LogP contribution in [0.5, 0.6) is 11.5 Å². The molecule has 2 atom stereocenters. The van der Waals surface area contributed by atoms with Crippen LogP contribution in [-0.4, -0.2) is 36.7 Å². The number of methoxy groups -OCH3 is 1. The molecule has 2 aromatic carbocycles. The van der Waals surface area contributed by atoms with E-state index in [9.17, 15) is 9.59 Å². The van der Waals surface area contributed by atoms with Crippen LogP contribution in [0.3, 0.4) is 0 Å². The summed E-state index contributed by atoms with van der Waals surface area (Å²) in [7, 11) is 1.56. The van der Waals surface area contributed by atoms with Crippen LogP contribution in [-0.2, 0) is 22.6 Å². The van der Waals surface area contributed by atoms with Gasteiger partial charge in [0.2, 0.25) is 11.8 Å². The molecule has 0 aliphatic carbocycles. The monoisotopic (exact) mass is 447 g/mol. The second kappa shape index (κ2) is 8.61. The number of fused-ring (bicyclic) bond motifs is 1. The lowest BCUT2D eigenvalue weighted by atomic mass is 10.1. The van der Waals surface area contributed by atoms with Crippen LogP contribution >= 0.6 is 0 Å². The van der Waals surface area contributed by atoms with Crippen LogP contribution in [0.4, 0.5) is 5.69 Å². The van der Waals surface area contributed by atoms with Crippen LogP contribution in [0.15, 0.2) is 53.1 Å². The number of nitrogens with one attached hydrogen (secondary N) is 1. The standard InChI is InChI=1S/C25H25N3O5/c1-15-9-17-10-16(7-8-21(17)32-15)23-12-19(27-33-23)13-26-25(30)18-11-24(29)28(14-18)20-5-3-4-6-22(20)31-2/h3-8,10,12,15,18H,9,11,13-14H2,1-2H3,(H,26,30). The van der Waals surface area contributed by atoms with Gasteiger partial charge in [-0.2, -0.15) is 0 Å². The van der Waals surface area contributed by atoms with Crippen molar-refractivity contribution in [3.05, 3.63) is 59.8 Å². The first kappa shape index (κ1) is 21.1. The molecule has 2 aliphatic rings. The van der Waals surface area contributed by atoms with Crippen molar-refractivity contribution in [1.82, 2.24) is 10.5 Å². The van der Waals surface area contributed by atoms with Crippen molar-refractivity contribution in [3.63, 3.8) is 0 Å². The maximum Gasteiger partial charge on any atom is 0.227 e. The quantitative estimate of drug-likeness (QED) is 0.623. The van der Waals surface area contributed by atoms with Crippen LogP contribution in [0.2, 0.25) is 0 Å². The maximum absolute atomic E-state index is 12.7. The van der Waals surface area contributed by atoms with Crippen LogP contribution in [0.25, 0.3) is 11.3 Å². The van der Waals surface area contributed by atoms with Crippen LogP contribution in [0, 0.1) is 5.92 Å². The summed E-state index contributed by atoms with van der Waals surface area (Å²) in [5.41, 5.74) is 3.37. The van der Waals surface area contributed by atoms with Gasteiger partial charge >= 0.3 is 0 Å². The van der Waals surface area contributed by atoms with E-state index in [1.165, 1.54) is 0 Å². The smallest absolute Gasteiger partial charge is 0.227 e. The molecule has 8 nitrogen and oxygen atoms in total. The number of carbonyl (C=O) groups excluding carboxylic acids is 2. The Balaban J connectivity index is 1.21. The summed E-state index contributed by atoms with van der Waals surface area (Å²) in [6.45, 7) is 2.58. The second-order valence-electron chi connectivity index (χ2n) is 8.43. The zero-order valence-corrected chi connectivity index (χ0v) is 18.5. The highest BCUT2D eigenvalue weighted by atomic mass is 16.5. The summed E-state index contributed by atoms with van der Waals surface area (Å²) in [5, 5.41) is 6.97. The number of ether oxygens (including phenoxy) is 2. The molecule has 2 amide bonds. The molecule has 1 fully saturated rings. The Hall–Kier alpha value is -3.81. The SMILES string of the molecule is COc1ccccc1N1CC(C(=O)NCc2cc(-c3ccc4c(c3)CC(C)O4)on2)CC1=O. The molecule has 0 bridgehead atoms. The largest absolute Gasteiger partial charge is 0.495 e. The molecule has 2 unspecified atom stereocenters. The number of rotatable bonds is 6. The third-order valence-electron chi connectivity index (χ3n) is 6.06. The summed E-state index contributed by atoms with van der Waals surface area (Å²) in [4.78, 5) is 26.9. The fourth-order valence-corrected chi connectivity index (χ4v) is 4.40. The molecule has 8 heteroatoms. The highest BCUT2D eigenvalue weighted by molar-refractivity contribution is 6.01. The average molecular weight is 447 g/mol. The van der Waals surface area contributed by atoms with Gasteiger partial charge in [0.15, 0.2) is 5.76 Å². The summed E-state index contributed by atoms with van der Waals surface area (Å²) < 4.78 is 16.6. The number of hydrogen-bond donors (Lipinski definition) is 1.